The summed E-state index contributed by atoms with van der Waals surface area (Å²) in [5, 5.41) is 14.6. The lowest BCUT2D eigenvalue weighted by Crippen LogP contribution is -2.43. The number of carbonyl (C=O) groups excluding carboxylic acids is 2. The average Bonchev–Trinajstić information content (AvgIpc) is 2.64. The number of hydrogen-bond acceptors (Lipinski definition) is 4. The van der Waals surface area contributed by atoms with Crippen molar-refractivity contribution in [2.75, 3.05) is 24.2 Å². The van der Waals surface area contributed by atoms with Crippen molar-refractivity contribution in [1.82, 2.24) is 4.90 Å². The first-order chi connectivity index (χ1) is 12.8. The van der Waals surface area contributed by atoms with Gasteiger partial charge < -0.3 is 10.6 Å². The van der Waals surface area contributed by atoms with Gasteiger partial charge in [-0.25, -0.2) is 0 Å². The molecule has 0 bridgehead atoms. The third-order valence-corrected chi connectivity index (χ3v) is 4.36. The van der Waals surface area contributed by atoms with Gasteiger partial charge in [-0.05, 0) is 63.2 Å². The quantitative estimate of drug-likeness (QED) is 0.825. The molecule has 1 atom stereocenters. The zero-order valence-corrected chi connectivity index (χ0v) is 16.0. The predicted octanol–water partition coefficient (Wildman–Crippen LogP) is 3.07. The van der Waals surface area contributed by atoms with E-state index < -0.39 is 6.04 Å². The van der Waals surface area contributed by atoms with Crippen molar-refractivity contribution >= 4 is 23.2 Å². The Morgan fingerprint density at radius 1 is 1.15 bits per heavy atom. The van der Waals surface area contributed by atoms with Crippen molar-refractivity contribution in [3.8, 4) is 6.07 Å². The molecule has 6 nitrogen and oxygen atoms in total. The second-order valence-electron chi connectivity index (χ2n) is 6.64. The Morgan fingerprint density at radius 2 is 1.89 bits per heavy atom. The number of likely N-dealkylation sites (N-methyl/N-ethyl adjacent to an activating group) is 1. The van der Waals surface area contributed by atoms with Crippen LogP contribution in [0.3, 0.4) is 0 Å². The second-order valence-corrected chi connectivity index (χ2v) is 6.64. The molecule has 0 aliphatic carbocycles. The molecule has 140 valence electrons. The van der Waals surface area contributed by atoms with Gasteiger partial charge in [0.05, 0.1) is 24.2 Å². The van der Waals surface area contributed by atoms with Crippen LogP contribution in [0.2, 0.25) is 0 Å². The number of anilines is 2. The molecule has 27 heavy (non-hydrogen) atoms. The van der Waals surface area contributed by atoms with Gasteiger partial charge in [0.1, 0.15) is 0 Å². The monoisotopic (exact) mass is 364 g/mol. The third-order valence-electron chi connectivity index (χ3n) is 4.36. The van der Waals surface area contributed by atoms with Crippen LogP contribution in [0.15, 0.2) is 42.5 Å². The van der Waals surface area contributed by atoms with E-state index in [0.717, 1.165) is 16.8 Å². The molecule has 0 saturated heterocycles. The number of benzene rings is 2. The molecule has 2 rings (SSSR count). The van der Waals surface area contributed by atoms with E-state index in [1.165, 1.54) is 0 Å². The number of amides is 2. The van der Waals surface area contributed by atoms with Crippen LogP contribution in [0.1, 0.15) is 23.6 Å². The summed E-state index contributed by atoms with van der Waals surface area (Å²) in [5.74, 6) is -0.426. The molecule has 2 aromatic rings. The number of hydrogen-bond donors (Lipinski definition) is 2. The molecule has 2 amide bonds. The van der Waals surface area contributed by atoms with Crippen LogP contribution >= 0.6 is 0 Å². The first-order valence-corrected chi connectivity index (χ1v) is 8.68. The van der Waals surface area contributed by atoms with Crippen LogP contribution in [-0.4, -0.2) is 36.3 Å². The fraction of sp³-hybridized carbons (Fsp3) is 0.286. The topological polar surface area (TPSA) is 85.2 Å². The smallest absolute Gasteiger partial charge is 0.241 e. The highest BCUT2D eigenvalue weighted by Gasteiger charge is 2.20. The standard InChI is InChI=1S/C21H24N4O2/c1-14-8-9-15(2)19(10-14)24-20(26)13-25(4)16(3)21(27)23-18-7-5-6-17(11-18)12-22/h5-11,16H,13H2,1-4H3,(H,23,27)(H,24,26)/t16-/m0/s1. The van der Waals surface area contributed by atoms with E-state index in [2.05, 4.69) is 10.6 Å². The zero-order chi connectivity index (χ0) is 20.0. The molecule has 0 aromatic heterocycles. The van der Waals surface area contributed by atoms with Gasteiger partial charge in [-0.15, -0.1) is 0 Å². The molecule has 2 aromatic carbocycles. The van der Waals surface area contributed by atoms with E-state index in [4.69, 9.17) is 5.26 Å². The Morgan fingerprint density at radius 3 is 2.59 bits per heavy atom. The molecule has 6 heteroatoms. The van der Waals surface area contributed by atoms with Crippen LogP contribution < -0.4 is 10.6 Å². The summed E-state index contributed by atoms with van der Waals surface area (Å²) >= 11 is 0. The molecule has 0 aliphatic heterocycles. The number of nitrogens with one attached hydrogen (secondary N) is 2. The Bertz CT molecular complexity index is 886. The van der Waals surface area contributed by atoms with Crippen molar-refractivity contribution < 1.29 is 9.59 Å². The number of nitriles is 1. The zero-order valence-electron chi connectivity index (χ0n) is 16.0. The number of aryl methyl sites for hydroxylation is 2. The van der Waals surface area contributed by atoms with Gasteiger partial charge >= 0.3 is 0 Å². The SMILES string of the molecule is Cc1ccc(C)c(NC(=O)CN(C)[C@@H](C)C(=O)Nc2cccc(C#N)c2)c1. The molecule has 0 aliphatic rings. The first-order valence-electron chi connectivity index (χ1n) is 8.68. The van der Waals surface area contributed by atoms with Crippen molar-refractivity contribution in [3.05, 3.63) is 59.2 Å². The summed E-state index contributed by atoms with van der Waals surface area (Å²) in [5.41, 5.74) is 3.86. The van der Waals surface area contributed by atoms with Gasteiger partial charge in [0.15, 0.2) is 0 Å². The molecule has 2 N–H and O–H groups in total. The van der Waals surface area contributed by atoms with Gasteiger partial charge in [-0.3, -0.25) is 14.5 Å². The second kappa shape index (κ2) is 8.97. The third kappa shape index (κ3) is 5.66. The maximum atomic E-state index is 12.4. The molecule has 0 heterocycles. The predicted molar refractivity (Wildman–Crippen MR) is 106 cm³/mol. The number of nitrogens with zero attached hydrogens (tertiary/aromatic N) is 2. The van der Waals surface area contributed by atoms with Gasteiger partial charge in [-0.1, -0.05) is 18.2 Å². The van der Waals surface area contributed by atoms with E-state index >= 15 is 0 Å². The summed E-state index contributed by atoms with van der Waals surface area (Å²) in [4.78, 5) is 26.4. The Kier molecular flexibility index (Phi) is 6.69. The highest BCUT2D eigenvalue weighted by Crippen LogP contribution is 2.16. The van der Waals surface area contributed by atoms with E-state index in [0.29, 0.717) is 11.3 Å². The summed E-state index contributed by atoms with van der Waals surface area (Å²) in [6.07, 6.45) is 0. The fourth-order valence-corrected chi connectivity index (χ4v) is 2.54. The van der Waals surface area contributed by atoms with Crippen LogP contribution in [0.25, 0.3) is 0 Å². The van der Waals surface area contributed by atoms with Crippen molar-refractivity contribution in [2.24, 2.45) is 0 Å². The summed E-state index contributed by atoms with van der Waals surface area (Å²) < 4.78 is 0. The van der Waals surface area contributed by atoms with E-state index in [1.54, 1.807) is 43.1 Å². The lowest BCUT2D eigenvalue weighted by Gasteiger charge is -2.23. The minimum absolute atomic E-state index is 0.0835. The summed E-state index contributed by atoms with van der Waals surface area (Å²) in [6, 6.07) is 14.1. The largest absolute Gasteiger partial charge is 0.325 e. The minimum atomic E-state index is -0.514. The average molecular weight is 364 g/mol. The Hall–Kier alpha value is -3.17. The molecular weight excluding hydrogens is 340 g/mol. The van der Waals surface area contributed by atoms with Gasteiger partial charge in [0, 0.05) is 11.4 Å². The van der Waals surface area contributed by atoms with Crippen LogP contribution in [0, 0.1) is 25.2 Å². The van der Waals surface area contributed by atoms with E-state index in [1.807, 2.05) is 38.1 Å². The fourth-order valence-electron chi connectivity index (χ4n) is 2.54. The van der Waals surface area contributed by atoms with Crippen molar-refractivity contribution in [1.29, 1.82) is 5.26 Å². The van der Waals surface area contributed by atoms with Gasteiger partial charge in [0.25, 0.3) is 0 Å². The summed E-state index contributed by atoms with van der Waals surface area (Å²) in [6.45, 7) is 5.72. The van der Waals surface area contributed by atoms with E-state index in [9.17, 15) is 9.59 Å². The Labute approximate surface area is 159 Å². The molecule has 0 unspecified atom stereocenters. The van der Waals surface area contributed by atoms with Crippen LogP contribution in [-0.2, 0) is 9.59 Å². The highest BCUT2D eigenvalue weighted by molar-refractivity contribution is 5.96. The molecule has 0 saturated carbocycles. The highest BCUT2D eigenvalue weighted by atomic mass is 16.2. The normalized spacial score (nSPS) is 11.6. The van der Waals surface area contributed by atoms with E-state index in [-0.39, 0.29) is 18.4 Å². The Balaban J connectivity index is 1.94. The molecule has 0 fully saturated rings. The molecule has 0 radical (unpaired) electrons. The maximum absolute atomic E-state index is 12.4. The first kappa shape index (κ1) is 20.1. The lowest BCUT2D eigenvalue weighted by molar-refractivity contribution is -0.122. The van der Waals surface area contributed by atoms with Crippen LogP contribution in [0.4, 0.5) is 11.4 Å². The number of rotatable bonds is 6. The van der Waals surface area contributed by atoms with Gasteiger partial charge in [-0.2, -0.15) is 5.26 Å². The number of carbonyl (C=O) groups is 2. The van der Waals surface area contributed by atoms with Gasteiger partial charge in [0.2, 0.25) is 11.8 Å². The molecule has 0 spiro atoms. The molecular formula is C21H24N4O2. The maximum Gasteiger partial charge on any atom is 0.241 e. The van der Waals surface area contributed by atoms with Crippen molar-refractivity contribution in [3.63, 3.8) is 0 Å². The lowest BCUT2D eigenvalue weighted by atomic mass is 10.1. The summed E-state index contributed by atoms with van der Waals surface area (Å²) in [7, 11) is 1.72. The minimum Gasteiger partial charge on any atom is -0.325 e. The van der Waals surface area contributed by atoms with Crippen LogP contribution in [0.5, 0.6) is 0 Å². The van der Waals surface area contributed by atoms with Crippen molar-refractivity contribution in [2.45, 2.75) is 26.8 Å².